The van der Waals surface area contributed by atoms with E-state index in [0.29, 0.717) is 34.2 Å². The Morgan fingerprint density at radius 2 is 1.11 bits per heavy atom. The van der Waals surface area contributed by atoms with E-state index < -0.39 is 11.7 Å². The summed E-state index contributed by atoms with van der Waals surface area (Å²) in [4.78, 5) is 19.1. The van der Waals surface area contributed by atoms with E-state index in [1.54, 1.807) is 18.5 Å². The summed E-state index contributed by atoms with van der Waals surface area (Å²) < 4.78 is 43.7. The van der Waals surface area contributed by atoms with Gasteiger partial charge >= 0.3 is 6.18 Å². The van der Waals surface area contributed by atoms with E-state index in [1.165, 1.54) is 6.07 Å². The van der Waals surface area contributed by atoms with Crippen molar-refractivity contribution in [3.8, 4) is 51.0 Å². The van der Waals surface area contributed by atoms with Crippen molar-refractivity contribution in [2.24, 2.45) is 0 Å². The van der Waals surface area contributed by atoms with E-state index in [0.717, 1.165) is 44.6 Å². The lowest BCUT2D eigenvalue weighted by molar-refractivity contribution is -0.137. The van der Waals surface area contributed by atoms with Crippen LogP contribution >= 0.6 is 0 Å². The highest BCUT2D eigenvalue weighted by molar-refractivity contribution is 6.09. The fraction of sp³-hybridized carbons (Fsp3) is 0.0256. The molecule has 0 atom stereocenters. The summed E-state index contributed by atoms with van der Waals surface area (Å²) in [5.41, 5.74) is 5.20. The summed E-state index contributed by atoms with van der Waals surface area (Å²) in [5.74, 6) is 1.43. The van der Waals surface area contributed by atoms with Gasteiger partial charge in [0.05, 0.1) is 16.6 Å². The van der Waals surface area contributed by atoms with Gasteiger partial charge in [0.2, 0.25) is 0 Å². The average molecular weight is 620 g/mol. The number of halogens is 3. The largest absolute Gasteiger partial charge is 0.416 e. The van der Waals surface area contributed by atoms with Crippen molar-refractivity contribution in [3.05, 3.63) is 151 Å². The Balaban J connectivity index is 1.43. The van der Waals surface area contributed by atoms with Gasteiger partial charge in [0.15, 0.2) is 17.5 Å². The number of hydrogen-bond acceptors (Lipinski definition) is 4. The molecule has 0 spiro atoms. The highest BCUT2D eigenvalue weighted by atomic mass is 19.4. The van der Waals surface area contributed by atoms with Crippen LogP contribution in [0, 0.1) is 0 Å². The molecule has 0 saturated heterocycles. The third-order valence-corrected chi connectivity index (χ3v) is 8.18. The van der Waals surface area contributed by atoms with Crippen LogP contribution in [0.4, 0.5) is 13.2 Å². The van der Waals surface area contributed by atoms with Crippen molar-refractivity contribution in [1.82, 2.24) is 24.5 Å². The summed E-state index contributed by atoms with van der Waals surface area (Å²) >= 11 is 0. The molecule has 226 valence electrons. The number of hydrogen-bond donors (Lipinski definition) is 0. The van der Waals surface area contributed by atoms with Gasteiger partial charge in [-0.1, -0.05) is 97.1 Å². The number of benzene rings is 5. The average Bonchev–Trinajstić information content (AvgIpc) is 3.46. The van der Waals surface area contributed by atoms with E-state index >= 15 is 0 Å². The first-order chi connectivity index (χ1) is 22.9. The topological polar surface area (TPSA) is 56.5 Å². The number of fused-ring (bicyclic) bond motifs is 3. The summed E-state index contributed by atoms with van der Waals surface area (Å²) in [7, 11) is 0. The molecule has 0 amide bonds. The zero-order chi connectivity index (χ0) is 32.0. The van der Waals surface area contributed by atoms with Gasteiger partial charge in [-0.05, 0) is 42.0 Å². The first-order valence-electron chi connectivity index (χ1n) is 15.0. The summed E-state index contributed by atoms with van der Waals surface area (Å²) in [6, 6.07) is 40.5. The lowest BCUT2D eigenvalue weighted by atomic mass is 9.99. The maximum Gasteiger partial charge on any atom is 0.416 e. The van der Waals surface area contributed by atoms with E-state index in [4.69, 9.17) is 15.0 Å². The standard InChI is InChI=1S/C39H24F3N5/c40-39(41,42)28-17-19-32-31-15-7-8-16-34(31)47(35(32)22-28)29-18-20-30(27-14-9-21-43-24-27)33(23-29)38-45-36(25-10-3-1-4-11-25)44-37(46-38)26-12-5-2-6-13-26/h1-24H. The van der Waals surface area contributed by atoms with E-state index in [9.17, 15) is 13.2 Å². The summed E-state index contributed by atoms with van der Waals surface area (Å²) in [6.07, 6.45) is -1.01. The number of pyridine rings is 1. The molecule has 5 aromatic carbocycles. The molecule has 0 aliphatic carbocycles. The van der Waals surface area contributed by atoms with Crippen molar-refractivity contribution in [2.75, 3.05) is 0 Å². The van der Waals surface area contributed by atoms with Crippen LogP contribution in [0.5, 0.6) is 0 Å². The number of alkyl halides is 3. The maximum absolute atomic E-state index is 13.9. The Labute approximate surface area is 267 Å². The van der Waals surface area contributed by atoms with Crippen molar-refractivity contribution in [1.29, 1.82) is 0 Å². The van der Waals surface area contributed by atoms with Gasteiger partial charge in [-0.25, -0.2) is 15.0 Å². The molecule has 0 radical (unpaired) electrons. The second-order valence-corrected chi connectivity index (χ2v) is 11.1. The number of nitrogens with zero attached hydrogens (tertiary/aromatic N) is 5. The Kier molecular flexibility index (Phi) is 6.83. The van der Waals surface area contributed by atoms with Crippen LogP contribution in [-0.4, -0.2) is 24.5 Å². The zero-order valence-electron chi connectivity index (χ0n) is 24.7. The monoisotopic (exact) mass is 619 g/mol. The van der Waals surface area contributed by atoms with Crippen LogP contribution in [0.15, 0.2) is 146 Å². The first kappa shape index (κ1) is 28.3. The van der Waals surface area contributed by atoms with E-state index in [-0.39, 0.29) is 0 Å². The molecule has 8 rings (SSSR count). The number of rotatable bonds is 5. The highest BCUT2D eigenvalue weighted by Crippen LogP contribution is 2.39. The van der Waals surface area contributed by atoms with Gasteiger partial charge in [0.25, 0.3) is 0 Å². The number of aromatic nitrogens is 5. The molecule has 8 aromatic rings. The predicted octanol–water partition coefficient (Wildman–Crippen LogP) is 10.1. The van der Waals surface area contributed by atoms with Crippen LogP contribution in [0.2, 0.25) is 0 Å². The minimum absolute atomic E-state index is 0.426. The summed E-state index contributed by atoms with van der Waals surface area (Å²) in [6.45, 7) is 0. The summed E-state index contributed by atoms with van der Waals surface area (Å²) in [5, 5.41) is 1.58. The lowest BCUT2D eigenvalue weighted by Gasteiger charge is -2.15. The third-order valence-electron chi connectivity index (χ3n) is 8.18. The Hall–Kier alpha value is -6.15. The molecular formula is C39H24F3N5. The van der Waals surface area contributed by atoms with Crippen molar-refractivity contribution in [2.45, 2.75) is 6.18 Å². The normalized spacial score (nSPS) is 11.7. The van der Waals surface area contributed by atoms with Crippen LogP contribution in [0.25, 0.3) is 72.8 Å². The molecule has 3 aromatic heterocycles. The van der Waals surface area contributed by atoms with Crippen LogP contribution in [0.3, 0.4) is 0 Å². The molecule has 8 heteroatoms. The van der Waals surface area contributed by atoms with Crippen molar-refractivity contribution in [3.63, 3.8) is 0 Å². The van der Waals surface area contributed by atoms with Gasteiger partial charge in [-0.15, -0.1) is 0 Å². The Morgan fingerprint density at radius 3 is 1.77 bits per heavy atom. The Bertz CT molecular complexity index is 2330. The van der Waals surface area contributed by atoms with Crippen LogP contribution < -0.4 is 0 Å². The molecule has 0 unspecified atom stereocenters. The smallest absolute Gasteiger partial charge is 0.309 e. The first-order valence-corrected chi connectivity index (χ1v) is 15.0. The second kappa shape index (κ2) is 11.3. The fourth-order valence-corrected chi connectivity index (χ4v) is 5.98. The van der Waals surface area contributed by atoms with E-state index in [2.05, 4.69) is 4.98 Å². The molecule has 0 N–H and O–H groups in total. The third kappa shape index (κ3) is 5.19. The quantitative estimate of drug-likeness (QED) is 0.192. The molecule has 0 bridgehead atoms. The molecule has 0 saturated carbocycles. The van der Waals surface area contributed by atoms with Gasteiger partial charge in [0.1, 0.15) is 0 Å². The minimum Gasteiger partial charge on any atom is -0.309 e. The molecule has 0 aliphatic heterocycles. The zero-order valence-corrected chi connectivity index (χ0v) is 24.7. The van der Waals surface area contributed by atoms with E-state index in [1.807, 2.05) is 120 Å². The maximum atomic E-state index is 13.9. The minimum atomic E-state index is -4.49. The molecule has 3 heterocycles. The van der Waals surface area contributed by atoms with Gasteiger partial charge in [0, 0.05) is 51.1 Å². The number of para-hydroxylation sites is 1. The Morgan fingerprint density at radius 1 is 0.489 bits per heavy atom. The van der Waals surface area contributed by atoms with Crippen LogP contribution in [0.1, 0.15) is 5.56 Å². The fourth-order valence-electron chi connectivity index (χ4n) is 5.98. The lowest BCUT2D eigenvalue weighted by Crippen LogP contribution is -2.05. The predicted molar refractivity (Wildman–Crippen MR) is 179 cm³/mol. The van der Waals surface area contributed by atoms with Crippen molar-refractivity contribution < 1.29 is 13.2 Å². The van der Waals surface area contributed by atoms with Gasteiger partial charge < -0.3 is 4.57 Å². The highest BCUT2D eigenvalue weighted by Gasteiger charge is 2.31. The molecular weight excluding hydrogens is 595 g/mol. The van der Waals surface area contributed by atoms with Crippen molar-refractivity contribution >= 4 is 21.8 Å². The SMILES string of the molecule is FC(F)(F)c1ccc2c3ccccc3n(-c3ccc(-c4cccnc4)c(-c4nc(-c5ccccc5)nc(-c5ccccc5)n4)c3)c2c1. The van der Waals surface area contributed by atoms with Crippen LogP contribution in [-0.2, 0) is 6.18 Å². The second-order valence-electron chi connectivity index (χ2n) is 11.1. The molecule has 47 heavy (non-hydrogen) atoms. The van der Waals surface area contributed by atoms with Gasteiger partial charge in [-0.2, -0.15) is 13.2 Å². The molecule has 5 nitrogen and oxygen atoms in total. The molecule has 0 fully saturated rings. The molecule has 0 aliphatic rings. The van der Waals surface area contributed by atoms with Gasteiger partial charge in [-0.3, -0.25) is 4.98 Å².